The Kier molecular flexibility index (Phi) is 3.87. The summed E-state index contributed by atoms with van der Waals surface area (Å²) in [7, 11) is 0. The summed E-state index contributed by atoms with van der Waals surface area (Å²) in [5, 5.41) is 0. The van der Waals surface area contributed by atoms with Crippen LogP contribution in [0, 0.1) is 6.92 Å². The number of aldehydes is 1. The number of rotatable bonds is 4. The van der Waals surface area contributed by atoms with Crippen LogP contribution in [0.25, 0.3) is 0 Å². The van der Waals surface area contributed by atoms with Crippen molar-refractivity contribution in [1.29, 1.82) is 0 Å². The first kappa shape index (κ1) is 11.0. The molecule has 1 aromatic rings. The molecular formula is C13H18O. The standard InChI is InChI=1S/C13H18O/c1-4-11(5-2)12-6-7-13(9-14)10(3)8-12/h6-9,11H,4-5H2,1-3H3. The van der Waals surface area contributed by atoms with Gasteiger partial charge in [-0.1, -0.05) is 32.0 Å². The summed E-state index contributed by atoms with van der Waals surface area (Å²) in [4.78, 5) is 10.6. The lowest BCUT2D eigenvalue weighted by Gasteiger charge is -2.13. The van der Waals surface area contributed by atoms with Gasteiger partial charge >= 0.3 is 0 Å². The molecule has 0 saturated carbocycles. The van der Waals surface area contributed by atoms with Gasteiger partial charge < -0.3 is 0 Å². The molecule has 0 N–H and O–H groups in total. The zero-order valence-electron chi connectivity index (χ0n) is 9.21. The zero-order valence-corrected chi connectivity index (χ0v) is 9.21. The second-order valence-electron chi connectivity index (χ2n) is 3.75. The largest absolute Gasteiger partial charge is 0.298 e. The normalized spacial score (nSPS) is 10.6. The van der Waals surface area contributed by atoms with Crippen molar-refractivity contribution in [3.05, 3.63) is 34.9 Å². The Labute approximate surface area is 86.1 Å². The molecule has 0 radical (unpaired) electrons. The molecule has 0 atom stereocenters. The molecule has 0 aromatic heterocycles. The zero-order chi connectivity index (χ0) is 10.6. The first-order valence-electron chi connectivity index (χ1n) is 5.28. The van der Waals surface area contributed by atoms with E-state index in [4.69, 9.17) is 0 Å². The van der Waals surface area contributed by atoms with Gasteiger partial charge in [-0.15, -0.1) is 0 Å². The predicted molar refractivity (Wildman–Crippen MR) is 59.9 cm³/mol. The third-order valence-electron chi connectivity index (χ3n) is 2.88. The third-order valence-corrected chi connectivity index (χ3v) is 2.88. The van der Waals surface area contributed by atoms with Crippen molar-refractivity contribution < 1.29 is 4.79 Å². The van der Waals surface area contributed by atoms with Gasteiger partial charge in [0.15, 0.2) is 0 Å². The van der Waals surface area contributed by atoms with Crippen molar-refractivity contribution in [2.24, 2.45) is 0 Å². The monoisotopic (exact) mass is 190 g/mol. The average Bonchev–Trinajstić information content (AvgIpc) is 2.20. The third kappa shape index (κ3) is 2.22. The number of aryl methyl sites for hydroxylation is 1. The van der Waals surface area contributed by atoms with E-state index in [-0.39, 0.29) is 0 Å². The minimum Gasteiger partial charge on any atom is -0.298 e. The van der Waals surface area contributed by atoms with Crippen LogP contribution in [0.1, 0.15) is 54.1 Å². The molecule has 0 saturated heterocycles. The molecule has 0 heterocycles. The van der Waals surface area contributed by atoms with Crippen LogP contribution in [0.2, 0.25) is 0 Å². The van der Waals surface area contributed by atoms with E-state index in [1.54, 1.807) is 0 Å². The van der Waals surface area contributed by atoms with Crippen LogP contribution in [0.5, 0.6) is 0 Å². The van der Waals surface area contributed by atoms with Gasteiger partial charge in [0.2, 0.25) is 0 Å². The van der Waals surface area contributed by atoms with Crippen molar-refractivity contribution in [3.63, 3.8) is 0 Å². The topological polar surface area (TPSA) is 17.1 Å². The van der Waals surface area contributed by atoms with Crippen molar-refractivity contribution in [2.45, 2.75) is 39.5 Å². The molecule has 0 aliphatic heterocycles. The van der Waals surface area contributed by atoms with E-state index in [1.165, 1.54) is 5.56 Å². The lowest BCUT2D eigenvalue weighted by Crippen LogP contribution is -1.97. The summed E-state index contributed by atoms with van der Waals surface area (Å²) in [6.45, 7) is 6.41. The lowest BCUT2D eigenvalue weighted by atomic mass is 9.92. The summed E-state index contributed by atoms with van der Waals surface area (Å²) in [5.41, 5.74) is 3.25. The number of carbonyl (C=O) groups excluding carboxylic acids is 1. The molecule has 0 spiro atoms. The molecule has 1 aromatic carbocycles. The highest BCUT2D eigenvalue weighted by Crippen LogP contribution is 2.24. The van der Waals surface area contributed by atoms with Crippen LogP contribution >= 0.6 is 0 Å². The summed E-state index contributed by atoms with van der Waals surface area (Å²) in [6.07, 6.45) is 3.25. The highest BCUT2D eigenvalue weighted by atomic mass is 16.1. The fourth-order valence-corrected chi connectivity index (χ4v) is 1.85. The van der Waals surface area contributed by atoms with Crippen LogP contribution in [-0.4, -0.2) is 6.29 Å². The van der Waals surface area contributed by atoms with E-state index in [9.17, 15) is 4.79 Å². The Bertz CT molecular complexity index is 311. The summed E-state index contributed by atoms with van der Waals surface area (Å²) >= 11 is 0. The molecule has 1 nitrogen and oxygen atoms in total. The maximum atomic E-state index is 10.6. The number of benzene rings is 1. The first-order chi connectivity index (χ1) is 6.72. The molecule has 0 fully saturated rings. The summed E-state index contributed by atoms with van der Waals surface area (Å²) in [6, 6.07) is 6.14. The Hall–Kier alpha value is -1.11. The van der Waals surface area contributed by atoms with Gasteiger partial charge in [-0.05, 0) is 36.8 Å². The van der Waals surface area contributed by atoms with Gasteiger partial charge in [0.25, 0.3) is 0 Å². The van der Waals surface area contributed by atoms with Crippen molar-refractivity contribution in [2.75, 3.05) is 0 Å². The molecule has 0 aliphatic carbocycles. The second-order valence-corrected chi connectivity index (χ2v) is 3.75. The smallest absolute Gasteiger partial charge is 0.150 e. The molecule has 1 rings (SSSR count). The average molecular weight is 190 g/mol. The van der Waals surface area contributed by atoms with Crippen LogP contribution in [0.4, 0.5) is 0 Å². The van der Waals surface area contributed by atoms with Gasteiger partial charge in [-0.25, -0.2) is 0 Å². The second kappa shape index (κ2) is 4.94. The predicted octanol–water partition coefficient (Wildman–Crippen LogP) is 3.71. The van der Waals surface area contributed by atoms with Crippen LogP contribution < -0.4 is 0 Å². The van der Waals surface area contributed by atoms with Crippen molar-refractivity contribution in [3.8, 4) is 0 Å². The van der Waals surface area contributed by atoms with Gasteiger partial charge in [-0.2, -0.15) is 0 Å². The van der Waals surface area contributed by atoms with E-state index in [0.717, 1.165) is 30.3 Å². The highest BCUT2D eigenvalue weighted by molar-refractivity contribution is 5.77. The van der Waals surface area contributed by atoms with E-state index in [0.29, 0.717) is 5.92 Å². The Morgan fingerprint density at radius 2 is 1.93 bits per heavy atom. The molecule has 0 amide bonds. The fraction of sp³-hybridized carbons (Fsp3) is 0.462. The lowest BCUT2D eigenvalue weighted by molar-refractivity contribution is 0.112. The van der Waals surface area contributed by atoms with Gasteiger partial charge in [0.05, 0.1) is 0 Å². The van der Waals surface area contributed by atoms with Crippen LogP contribution in [-0.2, 0) is 0 Å². The molecule has 76 valence electrons. The van der Waals surface area contributed by atoms with Gasteiger partial charge in [-0.3, -0.25) is 4.79 Å². The van der Waals surface area contributed by atoms with E-state index < -0.39 is 0 Å². The number of hydrogen-bond acceptors (Lipinski definition) is 1. The SMILES string of the molecule is CCC(CC)c1ccc(C=O)c(C)c1. The Morgan fingerprint density at radius 3 is 2.36 bits per heavy atom. The maximum absolute atomic E-state index is 10.6. The first-order valence-corrected chi connectivity index (χ1v) is 5.28. The molecule has 1 heteroatoms. The minimum absolute atomic E-state index is 0.634. The maximum Gasteiger partial charge on any atom is 0.150 e. The van der Waals surface area contributed by atoms with Crippen LogP contribution in [0.3, 0.4) is 0 Å². The molecule has 0 aliphatic rings. The quantitative estimate of drug-likeness (QED) is 0.661. The molecule has 14 heavy (non-hydrogen) atoms. The molecule has 0 unspecified atom stereocenters. The van der Waals surface area contributed by atoms with Crippen molar-refractivity contribution >= 4 is 6.29 Å². The van der Waals surface area contributed by atoms with E-state index in [2.05, 4.69) is 26.0 Å². The summed E-state index contributed by atoms with van der Waals surface area (Å²) in [5.74, 6) is 0.634. The molecule has 0 bridgehead atoms. The summed E-state index contributed by atoms with van der Waals surface area (Å²) < 4.78 is 0. The van der Waals surface area contributed by atoms with E-state index in [1.807, 2.05) is 13.0 Å². The highest BCUT2D eigenvalue weighted by Gasteiger charge is 2.07. The molecular weight excluding hydrogens is 172 g/mol. The van der Waals surface area contributed by atoms with Crippen molar-refractivity contribution in [1.82, 2.24) is 0 Å². The minimum atomic E-state index is 0.634. The fourth-order valence-electron chi connectivity index (χ4n) is 1.85. The van der Waals surface area contributed by atoms with Gasteiger partial charge in [0.1, 0.15) is 6.29 Å². The Balaban J connectivity index is 3.00. The number of hydrogen-bond donors (Lipinski definition) is 0. The van der Waals surface area contributed by atoms with Crippen LogP contribution in [0.15, 0.2) is 18.2 Å². The Morgan fingerprint density at radius 1 is 1.29 bits per heavy atom. The van der Waals surface area contributed by atoms with E-state index >= 15 is 0 Å². The number of carbonyl (C=O) groups is 1. The van der Waals surface area contributed by atoms with Gasteiger partial charge in [0, 0.05) is 5.56 Å².